The molecule has 24 heavy (non-hydrogen) atoms. The van der Waals surface area contributed by atoms with Crippen molar-refractivity contribution in [1.82, 2.24) is 20.5 Å². The third-order valence-electron chi connectivity index (χ3n) is 4.41. The summed E-state index contributed by atoms with van der Waals surface area (Å²) in [6.07, 6.45) is 1.73. The second-order valence-corrected chi connectivity index (χ2v) is 6.37. The van der Waals surface area contributed by atoms with Gasteiger partial charge in [0.15, 0.2) is 5.96 Å². The van der Waals surface area contributed by atoms with Crippen LogP contribution >= 0.6 is 24.0 Å². The van der Waals surface area contributed by atoms with E-state index in [1.165, 1.54) is 0 Å². The molecule has 2 heterocycles. The van der Waals surface area contributed by atoms with Crippen LogP contribution in [-0.4, -0.2) is 55.2 Å². The second-order valence-electron chi connectivity index (χ2n) is 6.37. The van der Waals surface area contributed by atoms with E-state index in [9.17, 15) is 0 Å². The van der Waals surface area contributed by atoms with Gasteiger partial charge in [0.05, 0.1) is 7.11 Å². The molecule has 0 aromatic carbocycles. The summed E-state index contributed by atoms with van der Waals surface area (Å²) in [6, 6.07) is 4.92. The van der Waals surface area contributed by atoms with Gasteiger partial charge in [0.2, 0.25) is 5.88 Å². The molecule has 1 aliphatic rings. The molecule has 6 nitrogen and oxygen atoms in total. The van der Waals surface area contributed by atoms with E-state index in [0.29, 0.717) is 30.4 Å². The Morgan fingerprint density at radius 3 is 2.79 bits per heavy atom. The lowest BCUT2D eigenvalue weighted by molar-refractivity contribution is 0.265. The van der Waals surface area contributed by atoms with Crippen molar-refractivity contribution in [2.45, 2.75) is 39.4 Å². The van der Waals surface area contributed by atoms with Gasteiger partial charge >= 0.3 is 0 Å². The van der Waals surface area contributed by atoms with Crippen molar-refractivity contribution in [2.75, 3.05) is 27.2 Å². The number of nitrogens with zero attached hydrogens (tertiary/aromatic N) is 3. The van der Waals surface area contributed by atoms with Crippen LogP contribution in [-0.2, 0) is 6.54 Å². The molecule has 1 aliphatic heterocycles. The van der Waals surface area contributed by atoms with Crippen LogP contribution in [0, 0.1) is 5.92 Å². The van der Waals surface area contributed by atoms with E-state index in [4.69, 9.17) is 4.74 Å². The molecule has 0 saturated carbocycles. The van der Waals surface area contributed by atoms with Gasteiger partial charge < -0.3 is 15.4 Å². The minimum atomic E-state index is 0. The minimum absolute atomic E-state index is 0. The number of hydrogen-bond acceptors (Lipinski definition) is 4. The maximum Gasteiger partial charge on any atom is 0.218 e. The first-order valence-electron chi connectivity index (χ1n) is 8.24. The highest BCUT2D eigenvalue weighted by molar-refractivity contribution is 14.0. The van der Waals surface area contributed by atoms with Crippen molar-refractivity contribution in [3.05, 3.63) is 23.9 Å². The van der Waals surface area contributed by atoms with Crippen molar-refractivity contribution in [3.63, 3.8) is 0 Å². The van der Waals surface area contributed by atoms with Gasteiger partial charge in [0, 0.05) is 50.5 Å². The molecule has 0 aliphatic carbocycles. The highest BCUT2D eigenvalue weighted by atomic mass is 127. The molecular weight excluding hydrogens is 417 g/mol. The quantitative estimate of drug-likeness (QED) is 0.412. The van der Waals surface area contributed by atoms with Gasteiger partial charge in [-0.25, -0.2) is 4.98 Å². The van der Waals surface area contributed by atoms with E-state index >= 15 is 0 Å². The van der Waals surface area contributed by atoms with E-state index in [-0.39, 0.29) is 24.0 Å². The molecule has 1 aromatic rings. The van der Waals surface area contributed by atoms with Crippen molar-refractivity contribution >= 4 is 29.9 Å². The SMILES string of the molecule is CN=C(NCc1cccnc1OC)NC1CN(C(C)C)CC1C.I. The van der Waals surface area contributed by atoms with Gasteiger partial charge in [-0.1, -0.05) is 13.0 Å². The van der Waals surface area contributed by atoms with E-state index in [1.807, 2.05) is 12.1 Å². The number of pyridine rings is 1. The van der Waals surface area contributed by atoms with E-state index in [0.717, 1.165) is 24.6 Å². The summed E-state index contributed by atoms with van der Waals surface area (Å²) in [7, 11) is 3.44. The fraction of sp³-hybridized carbons (Fsp3) is 0.647. The maximum absolute atomic E-state index is 5.28. The monoisotopic (exact) mass is 447 g/mol. The molecule has 2 N–H and O–H groups in total. The van der Waals surface area contributed by atoms with Crippen LogP contribution in [0.2, 0.25) is 0 Å². The van der Waals surface area contributed by atoms with Crippen LogP contribution in [0.5, 0.6) is 5.88 Å². The molecule has 1 fully saturated rings. The highest BCUT2D eigenvalue weighted by Crippen LogP contribution is 2.18. The van der Waals surface area contributed by atoms with E-state index < -0.39 is 0 Å². The van der Waals surface area contributed by atoms with Crippen LogP contribution < -0.4 is 15.4 Å². The van der Waals surface area contributed by atoms with Gasteiger partial charge in [0.1, 0.15) is 0 Å². The first kappa shape index (κ1) is 21.0. The Kier molecular flexibility index (Phi) is 8.75. The number of aromatic nitrogens is 1. The van der Waals surface area contributed by atoms with Gasteiger partial charge in [-0.2, -0.15) is 0 Å². The Balaban J connectivity index is 0.00000288. The molecule has 1 saturated heterocycles. The number of nitrogens with one attached hydrogen (secondary N) is 2. The number of guanidine groups is 1. The Bertz CT molecular complexity index is 537. The smallest absolute Gasteiger partial charge is 0.218 e. The number of aliphatic imine (C=N–C) groups is 1. The zero-order valence-corrected chi connectivity index (χ0v) is 17.6. The summed E-state index contributed by atoms with van der Waals surface area (Å²) < 4.78 is 5.28. The van der Waals surface area contributed by atoms with Crippen molar-refractivity contribution < 1.29 is 4.74 Å². The molecule has 7 heteroatoms. The molecule has 2 atom stereocenters. The number of likely N-dealkylation sites (tertiary alicyclic amines) is 1. The Hall–Kier alpha value is -1.09. The molecule has 2 rings (SSSR count). The zero-order valence-electron chi connectivity index (χ0n) is 15.2. The van der Waals surface area contributed by atoms with Crippen LogP contribution in [0.15, 0.2) is 23.3 Å². The van der Waals surface area contributed by atoms with E-state index in [2.05, 4.69) is 46.3 Å². The summed E-state index contributed by atoms with van der Waals surface area (Å²) in [5, 5.41) is 6.90. The lowest BCUT2D eigenvalue weighted by atomic mass is 10.1. The lowest BCUT2D eigenvalue weighted by Gasteiger charge is -2.22. The van der Waals surface area contributed by atoms with Gasteiger partial charge in [0.25, 0.3) is 0 Å². The average molecular weight is 447 g/mol. The van der Waals surface area contributed by atoms with Gasteiger partial charge in [-0.3, -0.25) is 9.89 Å². The molecule has 2 unspecified atom stereocenters. The average Bonchev–Trinajstić information content (AvgIpc) is 2.92. The Morgan fingerprint density at radius 1 is 1.46 bits per heavy atom. The van der Waals surface area contributed by atoms with Crippen molar-refractivity contribution in [3.8, 4) is 5.88 Å². The summed E-state index contributed by atoms with van der Waals surface area (Å²) in [5.74, 6) is 2.07. The predicted molar refractivity (Wildman–Crippen MR) is 109 cm³/mol. The van der Waals surface area contributed by atoms with Crippen molar-refractivity contribution in [1.29, 1.82) is 0 Å². The summed E-state index contributed by atoms with van der Waals surface area (Å²) in [5.41, 5.74) is 1.02. The molecule has 0 bridgehead atoms. The number of ether oxygens (including phenoxy) is 1. The fourth-order valence-corrected chi connectivity index (χ4v) is 2.91. The van der Waals surface area contributed by atoms with Crippen molar-refractivity contribution in [2.24, 2.45) is 10.9 Å². The number of methoxy groups -OCH3 is 1. The molecule has 0 amide bonds. The number of rotatable bonds is 5. The molecule has 0 radical (unpaired) electrons. The van der Waals surface area contributed by atoms with Crippen LogP contribution in [0.1, 0.15) is 26.3 Å². The third kappa shape index (κ3) is 5.47. The fourth-order valence-electron chi connectivity index (χ4n) is 2.91. The lowest BCUT2D eigenvalue weighted by Crippen LogP contribution is -2.46. The summed E-state index contributed by atoms with van der Waals surface area (Å²) in [4.78, 5) is 11.1. The van der Waals surface area contributed by atoms with E-state index in [1.54, 1.807) is 20.4 Å². The van der Waals surface area contributed by atoms with Crippen LogP contribution in [0.25, 0.3) is 0 Å². The number of hydrogen-bond donors (Lipinski definition) is 2. The molecule has 0 spiro atoms. The normalized spacial score (nSPS) is 21.5. The minimum Gasteiger partial charge on any atom is -0.481 e. The number of halogens is 1. The first-order chi connectivity index (χ1) is 11.0. The van der Waals surface area contributed by atoms with Gasteiger partial charge in [-0.15, -0.1) is 24.0 Å². The summed E-state index contributed by atoms with van der Waals surface area (Å²) in [6.45, 7) is 9.59. The highest BCUT2D eigenvalue weighted by Gasteiger charge is 2.31. The predicted octanol–water partition coefficient (Wildman–Crippen LogP) is 2.10. The summed E-state index contributed by atoms with van der Waals surface area (Å²) >= 11 is 0. The topological polar surface area (TPSA) is 61.8 Å². The first-order valence-corrected chi connectivity index (χ1v) is 8.24. The molecule has 136 valence electrons. The van der Waals surface area contributed by atoms with Crippen LogP contribution in [0.3, 0.4) is 0 Å². The maximum atomic E-state index is 5.28. The van der Waals surface area contributed by atoms with Crippen LogP contribution in [0.4, 0.5) is 0 Å². The largest absolute Gasteiger partial charge is 0.481 e. The zero-order chi connectivity index (χ0) is 16.8. The standard InChI is InChI=1S/C17H29N5O.HI/c1-12(2)22-10-13(3)15(11-22)21-17(18-4)20-9-14-7-6-8-19-16(14)23-5;/h6-8,12-13,15H,9-11H2,1-5H3,(H2,18,20,21);1H. The Labute approximate surface area is 162 Å². The second kappa shape index (κ2) is 10.0. The third-order valence-corrected chi connectivity index (χ3v) is 4.41. The van der Waals surface area contributed by atoms with Gasteiger partial charge in [-0.05, 0) is 25.8 Å². The Morgan fingerprint density at radius 2 is 2.21 bits per heavy atom. The molecular formula is C17H30IN5O. The molecule has 1 aromatic heterocycles.